The molecule has 1 saturated heterocycles. The van der Waals surface area contributed by atoms with E-state index in [1.165, 1.54) is 0 Å². The number of nitrogens with zero attached hydrogens (tertiary/aromatic N) is 3. The zero-order valence-corrected chi connectivity index (χ0v) is 9.29. The van der Waals surface area contributed by atoms with Crippen molar-refractivity contribution in [2.24, 2.45) is 7.05 Å². The van der Waals surface area contributed by atoms with Crippen molar-refractivity contribution in [1.82, 2.24) is 15.0 Å². The fraction of sp³-hybridized carbons (Fsp3) is 0.778. The van der Waals surface area contributed by atoms with Crippen LogP contribution in [0.25, 0.3) is 0 Å². The van der Waals surface area contributed by atoms with Crippen LogP contribution < -0.4 is 0 Å². The van der Waals surface area contributed by atoms with Gasteiger partial charge in [-0.25, -0.2) is 0 Å². The lowest BCUT2D eigenvalue weighted by molar-refractivity contribution is 0.0210. The molecule has 14 heavy (non-hydrogen) atoms. The van der Waals surface area contributed by atoms with Gasteiger partial charge in [0.25, 0.3) is 0 Å². The minimum Gasteiger partial charge on any atom is -0.382 e. The maximum absolute atomic E-state index is 10.5. The third-order valence-corrected chi connectivity index (χ3v) is 4.20. The van der Waals surface area contributed by atoms with Crippen molar-refractivity contribution in [3.05, 3.63) is 11.9 Å². The molecule has 2 rings (SSSR count). The monoisotopic (exact) mass is 213 g/mol. The second kappa shape index (κ2) is 3.55. The highest BCUT2D eigenvalue weighted by atomic mass is 32.2. The van der Waals surface area contributed by atoms with Crippen LogP contribution in [0.3, 0.4) is 0 Å². The van der Waals surface area contributed by atoms with Crippen LogP contribution in [-0.2, 0) is 12.6 Å². The van der Waals surface area contributed by atoms with Crippen LogP contribution in [0.1, 0.15) is 25.5 Å². The van der Waals surface area contributed by atoms with Crippen LogP contribution in [0.4, 0.5) is 0 Å². The standard InChI is InChI=1S/C9H15N3OS/c1-7-9(13,4-3-5-14-7)8-6-12(2)11-10-8/h6-7,13H,3-5H2,1-2H3. The molecular formula is C9H15N3OS. The summed E-state index contributed by atoms with van der Waals surface area (Å²) >= 11 is 1.80. The molecule has 4 nitrogen and oxygen atoms in total. The summed E-state index contributed by atoms with van der Waals surface area (Å²) in [4.78, 5) is 0. The van der Waals surface area contributed by atoms with Gasteiger partial charge in [-0.2, -0.15) is 11.8 Å². The molecule has 1 aromatic rings. The van der Waals surface area contributed by atoms with Crippen LogP contribution in [0.5, 0.6) is 0 Å². The Morgan fingerprint density at radius 2 is 2.50 bits per heavy atom. The van der Waals surface area contributed by atoms with Gasteiger partial charge in [0, 0.05) is 12.3 Å². The molecule has 2 heterocycles. The van der Waals surface area contributed by atoms with Crippen molar-refractivity contribution in [2.75, 3.05) is 5.75 Å². The average molecular weight is 213 g/mol. The summed E-state index contributed by atoms with van der Waals surface area (Å²) in [7, 11) is 1.82. The smallest absolute Gasteiger partial charge is 0.121 e. The van der Waals surface area contributed by atoms with E-state index in [2.05, 4.69) is 17.2 Å². The fourth-order valence-electron chi connectivity index (χ4n) is 1.82. The van der Waals surface area contributed by atoms with E-state index >= 15 is 0 Å². The highest BCUT2D eigenvalue weighted by Crippen LogP contribution is 2.40. The van der Waals surface area contributed by atoms with E-state index in [4.69, 9.17) is 0 Å². The number of hydrogen-bond acceptors (Lipinski definition) is 4. The molecule has 1 aliphatic rings. The second-order valence-corrected chi connectivity index (χ2v) is 5.27. The van der Waals surface area contributed by atoms with Crippen molar-refractivity contribution in [3.8, 4) is 0 Å². The Balaban J connectivity index is 2.29. The Bertz CT molecular complexity index is 328. The first-order valence-corrected chi connectivity index (χ1v) is 5.88. The summed E-state index contributed by atoms with van der Waals surface area (Å²) in [6.45, 7) is 2.05. The largest absolute Gasteiger partial charge is 0.382 e. The Morgan fingerprint density at radius 1 is 1.71 bits per heavy atom. The van der Waals surface area contributed by atoms with E-state index in [1.807, 2.05) is 13.2 Å². The van der Waals surface area contributed by atoms with E-state index in [9.17, 15) is 5.11 Å². The van der Waals surface area contributed by atoms with E-state index < -0.39 is 5.60 Å². The number of hydrogen-bond donors (Lipinski definition) is 1. The number of rotatable bonds is 1. The van der Waals surface area contributed by atoms with Gasteiger partial charge in [0.1, 0.15) is 11.3 Å². The van der Waals surface area contributed by atoms with Gasteiger partial charge in [-0.3, -0.25) is 4.68 Å². The van der Waals surface area contributed by atoms with Gasteiger partial charge in [0.05, 0.1) is 6.20 Å². The van der Waals surface area contributed by atoms with Crippen molar-refractivity contribution >= 4 is 11.8 Å². The molecule has 0 bridgehead atoms. The minimum absolute atomic E-state index is 0.202. The average Bonchev–Trinajstić information content (AvgIpc) is 2.58. The van der Waals surface area contributed by atoms with Crippen LogP contribution in [0.15, 0.2) is 6.20 Å². The van der Waals surface area contributed by atoms with E-state index in [-0.39, 0.29) is 5.25 Å². The van der Waals surface area contributed by atoms with Crippen LogP contribution in [0.2, 0.25) is 0 Å². The predicted molar refractivity (Wildman–Crippen MR) is 56.1 cm³/mol. The fourth-order valence-corrected chi connectivity index (χ4v) is 3.00. The Morgan fingerprint density at radius 3 is 3.07 bits per heavy atom. The first-order chi connectivity index (χ1) is 6.63. The summed E-state index contributed by atoms with van der Waals surface area (Å²) in [6.07, 6.45) is 3.64. The molecule has 0 amide bonds. The van der Waals surface area contributed by atoms with Gasteiger partial charge < -0.3 is 5.11 Å². The van der Waals surface area contributed by atoms with Gasteiger partial charge in [-0.1, -0.05) is 12.1 Å². The van der Waals surface area contributed by atoms with Gasteiger partial charge in [-0.05, 0) is 18.6 Å². The highest BCUT2D eigenvalue weighted by molar-refractivity contribution is 8.00. The van der Waals surface area contributed by atoms with Crippen LogP contribution in [0, 0.1) is 0 Å². The third-order valence-electron chi connectivity index (χ3n) is 2.79. The lowest BCUT2D eigenvalue weighted by atomic mass is 9.91. The zero-order valence-electron chi connectivity index (χ0n) is 8.47. The van der Waals surface area contributed by atoms with Crippen molar-refractivity contribution in [1.29, 1.82) is 0 Å². The Kier molecular flexibility index (Phi) is 2.53. The Hall–Kier alpha value is -0.550. The second-order valence-electron chi connectivity index (χ2n) is 3.82. The topological polar surface area (TPSA) is 50.9 Å². The molecule has 1 aliphatic heterocycles. The Labute approximate surface area is 87.7 Å². The molecule has 1 aromatic heterocycles. The number of thioether (sulfide) groups is 1. The van der Waals surface area contributed by atoms with E-state index in [0.717, 1.165) is 18.6 Å². The predicted octanol–water partition coefficient (Wildman–Crippen LogP) is 0.918. The molecule has 5 heteroatoms. The van der Waals surface area contributed by atoms with E-state index in [0.29, 0.717) is 5.69 Å². The van der Waals surface area contributed by atoms with Crippen molar-refractivity contribution in [3.63, 3.8) is 0 Å². The van der Waals surface area contributed by atoms with Gasteiger partial charge in [0.15, 0.2) is 0 Å². The zero-order chi connectivity index (χ0) is 10.2. The quantitative estimate of drug-likeness (QED) is 0.753. The van der Waals surface area contributed by atoms with Gasteiger partial charge in [-0.15, -0.1) is 5.10 Å². The number of aliphatic hydroxyl groups is 1. The molecule has 1 N–H and O–H groups in total. The van der Waals surface area contributed by atoms with Gasteiger partial charge >= 0.3 is 0 Å². The summed E-state index contributed by atoms with van der Waals surface area (Å²) in [5.41, 5.74) is -0.0725. The molecule has 78 valence electrons. The van der Waals surface area contributed by atoms with E-state index in [1.54, 1.807) is 16.4 Å². The lowest BCUT2D eigenvalue weighted by Crippen LogP contribution is -2.39. The molecule has 0 spiro atoms. The van der Waals surface area contributed by atoms with Crippen LogP contribution in [-0.4, -0.2) is 31.1 Å². The molecule has 1 fully saturated rings. The number of aryl methyl sites for hydroxylation is 1. The maximum Gasteiger partial charge on any atom is 0.121 e. The normalized spacial score (nSPS) is 33.2. The van der Waals surface area contributed by atoms with Crippen LogP contribution >= 0.6 is 11.8 Å². The summed E-state index contributed by atoms with van der Waals surface area (Å²) in [5.74, 6) is 1.13. The van der Waals surface area contributed by atoms with Crippen molar-refractivity contribution in [2.45, 2.75) is 30.6 Å². The SMILES string of the molecule is CC1SCCCC1(O)c1cn(C)nn1. The molecular weight excluding hydrogens is 198 g/mol. The maximum atomic E-state index is 10.5. The first-order valence-electron chi connectivity index (χ1n) is 4.84. The summed E-state index contributed by atoms with van der Waals surface area (Å²) in [5, 5.41) is 18.6. The minimum atomic E-state index is -0.781. The summed E-state index contributed by atoms with van der Waals surface area (Å²) in [6, 6.07) is 0. The molecule has 2 unspecified atom stereocenters. The number of aromatic nitrogens is 3. The molecule has 0 aliphatic carbocycles. The molecule has 0 radical (unpaired) electrons. The lowest BCUT2D eigenvalue weighted by Gasteiger charge is -2.35. The molecule has 2 atom stereocenters. The highest BCUT2D eigenvalue weighted by Gasteiger charge is 2.40. The summed E-state index contributed by atoms with van der Waals surface area (Å²) < 4.78 is 1.64. The van der Waals surface area contributed by atoms with Gasteiger partial charge in [0.2, 0.25) is 0 Å². The molecule has 0 saturated carbocycles. The van der Waals surface area contributed by atoms with Crippen molar-refractivity contribution < 1.29 is 5.11 Å². The molecule has 0 aromatic carbocycles. The first kappa shape index (κ1) is 9.98. The third kappa shape index (κ3) is 1.54.